The number of aldehydes is 1. The highest BCUT2D eigenvalue weighted by Gasteiger charge is 1.97. The van der Waals surface area contributed by atoms with Crippen molar-refractivity contribution in [3.63, 3.8) is 0 Å². The van der Waals surface area contributed by atoms with Gasteiger partial charge in [0.15, 0.2) is 6.29 Å². The minimum Gasteiger partial charge on any atom is -0.384 e. The summed E-state index contributed by atoms with van der Waals surface area (Å²) in [5.41, 5.74) is 5.83. The number of aromatic nitrogens is 1. The first-order valence-electron chi connectivity index (χ1n) is 2.60. The number of carbonyl (C=O) groups excluding carboxylic acids is 1. The second-order valence-corrected chi connectivity index (χ2v) is 2.60. The monoisotopic (exact) mass is 200 g/mol. The number of carbonyl (C=O) groups is 1. The maximum Gasteiger partial charge on any atom is 0.152 e. The van der Waals surface area contributed by atoms with Gasteiger partial charge in [-0.1, -0.05) is 0 Å². The van der Waals surface area contributed by atoms with Crippen LogP contribution in [0.1, 0.15) is 10.4 Å². The Kier molecular flexibility index (Phi) is 2.01. The van der Waals surface area contributed by atoms with E-state index in [1.807, 2.05) is 0 Å². The quantitative estimate of drug-likeness (QED) is 0.695. The number of nitrogen functional groups attached to an aromatic ring is 1. The summed E-state index contributed by atoms with van der Waals surface area (Å²) in [6.45, 7) is 0. The first-order chi connectivity index (χ1) is 4.74. The van der Waals surface area contributed by atoms with Crippen LogP contribution in [-0.2, 0) is 0 Å². The summed E-state index contributed by atoms with van der Waals surface area (Å²) in [5, 5.41) is 0. The van der Waals surface area contributed by atoms with Crippen LogP contribution in [0.25, 0.3) is 0 Å². The molecule has 2 N–H and O–H groups in total. The fourth-order valence-corrected chi connectivity index (χ4v) is 0.973. The predicted octanol–water partition coefficient (Wildman–Crippen LogP) is 1.24. The van der Waals surface area contributed by atoms with Crippen molar-refractivity contribution in [2.75, 3.05) is 5.73 Å². The lowest BCUT2D eigenvalue weighted by atomic mass is 10.3. The van der Waals surface area contributed by atoms with Gasteiger partial charge in [-0.05, 0) is 22.0 Å². The summed E-state index contributed by atoms with van der Waals surface area (Å²) in [4.78, 5) is 14.0. The number of hydrogen-bond donors (Lipinski definition) is 1. The van der Waals surface area contributed by atoms with E-state index in [9.17, 15) is 4.79 Å². The lowest BCUT2D eigenvalue weighted by molar-refractivity contribution is 0.112. The van der Waals surface area contributed by atoms with E-state index in [-0.39, 0.29) is 0 Å². The maximum atomic E-state index is 10.2. The van der Waals surface area contributed by atoms with Crippen LogP contribution in [0.15, 0.2) is 16.7 Å². The molecule has 0 atom stereocenters. The molecule has 0 aliphatic heterocycles. The van der Waals surface area contributed by atoms with Gasteiger partial charge in [0.2, 0.25) is 0 Å². The van der Waals surface area contributed by atoms with Crippen LogP contribution in [0, 0.1) is 0 Å². The van der Waals surface area contributed by atoms with E-state index in [0.717, 1.165) is 6.29 Å². The number of rotatable bonds is 1. The van der Waals surface area contributed by atoms with Crippen LogP contribution in [-0.4, -0.2) is 11.3 Å². The Balaban J connectivity index is 3.19. The number of nitrogens with two attached hydrogens (primary N) is 1. The lowest BCUT2D eigenvalue weighted by Gasteiger charge is -1.94. The van der Waals surface area contributed by atoms with E-state index >= 15 is 0 Å². The van der Waals surface area contributed by atoms with Crippen LogP contribution in [0.2, 0.25) is 0 Å². The Morgan fingerprint density at radius 2 is 2.40 bits per heavy atom. The van der Waals surface area contributed by atoms with Crippen LogP contribution < -0.4 is 5.73 Å². The third-order valence-electron chi connectivity index (χ3n) is 1.03. The van der Waals surface area contributed by atoms with E-state index in [2.05, 4.69) is 20.9 Å². The molecule has 0 aliphatic rings. The average molecular weight is 201 g/mol. The van der Waals surface area contributed by atoms with Gasteiger partial charge in [0.1, 0.15) is 5.82 Å². The Bertz CT molecular complexity index is 262. The molecule has 1 heterocycles. The molecular weight excluding hydrogens is 196 g/mol. The highest BCUT2D eigenvalue weighted by Crippen LogP contribution is 2.15. The molecule has 1 aromatic heterocycles. The molecule has 1 rings (SSSR count). The molecule has 0 unspecified atom stereocenters. The Labute approximate surface area is 66.4 Å². The van der Waals surface area contributed by atoms with Gasteiger partial charge < -0.3 is 5.73 Å². The van der Waals surface area contributed by atoms with Crippen molar-refractivity contribution in [2.45, 2.75) is 0 Å². The lowest BCUT2D eigenvalue weighted by Crippen LogP contribution is -1.91. The molecule has 0 aliphatic carbocycles. The van der Waals surface area contributed by atoms with Gasteiger partial charge in [0, 0.05) is 16.2 Å². The third-order valence-corrected chi connectivity index (χ3v) is 1.72. The number of anilines is 1. The summed E-state index contributed by atoms with van der Waals surface area (Å²) in [5.74, 6) is 0.400. The first-order valence-corrected chi connectivity index (χ1v) is 3.39. The Hall–Kier alpha value is -0.900. The Morgan fingerprint density at radius 1 is 1.70 bits per heavy atom. The van der Waals surface area contributed by atoms with Crippen molar-refractivity contribution in [1.82, 2.24) is 4.98 Å². The number of halogens is 1. The first kappa shape index (κ1) is 7.21. The molecule has 0 saturated carbocycles. The van der Waals surface area contributed by atoms with Gasteiger partial charge in [0.05, 0.1) is 0 Å². The van der Waals surface area contributed by atoms with Crippen molar-refractivity contribution in [3.8, 4) is 0 Å². The zero-order valence-corrected chi connectivity index (χ0v) is 6.63. The summed E-state index contributed by atoms with van der Waals surface area (Å²) in [6, 6.07) is 1.59. The van der Waals surface area contributed by atoms with Crippen LogP contribution in [0.4, 0.5) is 5.82 Å². The van der Waals surface area contributed by atoms with Crippen molar-refractivity contribution >= 4 is 28.0 Å². The number of nitrogens with zero attached hydrogens (tertiary/aromatic N) is 1. The van der Waals surface area contributed by atoms with Gasteiger partial charge in [-0.15, -0.1) is 0 Å². The number of pyridine rings is 1. The maximum absolute atomic E-state index is 10.2. The second-order valence-electron chi connectivity index (χ2n) is 1.75. The Morgan fingerprint density at radius 3 is 2.90 bits per heavy atom. The van der Waals surface area contributed by atoms with E-state index in [1.165, 1.54) is 6.20 Å². The minimum absolute atomic E-state index is 0.400. The topological polar surface area (TPSA) is 56.0 Å². The van der Waals surface area contributed by atoms with E-state index in [1.54, 1.807) is 6.07 Å². The largest absolute Gasteiger partial charge is 0.384 e. The molecule has 0 radical (unpaired) electrons. The van der Waals surface area contributed by atoms with Crippen LogP contribution in [0.5, 0.6) is 0 Å². The zero-order valence-electron chi connectivity index (χ0n) is 5.04. The molecule has 0 amide bonds. The zero-order chi connectivity index (χ0) is 7.56. The molecule has 0 aromatic carbocycles. The van der Waals surface area contributed by atoms with E-state index in [4.69, 9.17) is 5.73 Å². The average Bonchev–Trinajstić information content (AvgIpc) is 1.88. The molecular formula is C6H5BrN2O. The van der Waals surface area contributed by atoms with Gasteiger partial charge in [0.25, 0.3) is 0 Å². The third kappa shape index (κ3) is 1.33. The van der Waals surface area contributed by atoms with Crippen molar-refractivity contribution in [1.29, 1.82) is 0 Å². The summed E-state index contributed by atoms with van der Waals surface area (Å²) >= 11 is 3.16. The molecule has 0 bridgehead atoms. The van der Waals surface area contributed by atoms with Gasteiger partial charge >= 0.3 is 0 Å². The van der Waals surface area contributed by atoms with Gasteiger partial charge in [-0.2, -0.15) is 0 Å². The molecule has 0 fully saturated rings. The van der Waals surface area contributed by atoms with E-state index < -0.39 is 0 Å². The minimum atomic E-state index is 0.400. The van der Waals surface area contributed by atoms with Gasteiger partial charge in [-0.3, -0.25) is 4.79 Å². The predicted molar refractivity (Wildman–Crippen MR) is 41.7 cm³/mol. The fraction of sp³-hybridized carbons (Fsp3) is 0. The molecule has 52 valence electrons. The summed E-state index contributed by atoms with van der Waals surface area (Å²) < 4.78 is 0.676. The van der Waals surface area contributed by atoms with Crippen molar-refractivity contribution in [3.05, 3.63) is 22.3 Å². The number of hydrogen-bond acceptors (Lipinski definition) is 3. The molecule has 10 heavy (non-hydrogen) atoms. The molecule has 4 heteroatoms. The van der Waals surface area contributed by atoms with Crippen molar-refractivity contribution in [2.24, 2.45) is 0 Å². The standard InChI is InChI=1S/C6H5BrN2O/c7-5-1-6(8)9-2-4(5)3-10/h1-3H,(H2,8,9). The van der Waals surface area contributed by atoms with Crippen LogP contribution in [0.3, 0.4) is 0 Å². The molecule has 0 saturated heterocycles. The SMILES string of the molecule is Nc1cc(Br)c(C=O)cn1. The van der Waals surface area contributed by atoms with Crippen molar-refractivity contribution < 1.29 is 4.79 Å². The van der Waals surface area contributed by atoms with E-state index in [0.29, 0.717) is 15.9 Å². The molecule has 0 spiro atoms. The van der Waals surface area contributed by atoms with Crippen LogP contribution >= 0.6 is 15.9 Å². The second kappa shape index (κ2) is 2.79. The normalized spacial score (nSPS) is 9.30. The van der Waals surface area contributed by atoms with Gasteiger partial charge in [-0.25, -0.2) is 4.98 Å². The smallest absolute Gasteiger partial charge is 0.152 e. The molecule has 1 aromatic rings. The molecule has 3 nitrogen and oxygen atoms in total. The highest BCUT2D eigenvalue weighted by atomic mass is 79.9. The summed E-state index contributed by atoms with van der Waals surface area (Å²) in [7, 11) is 0. The highest BCUT2D eigenvalue weighted by molar-refractivity contribution is 9.10. The summed E-state index contributed by atoms with van der Waals surface area (Å²) in [6.07, 6.45) is 2.14. The fourth-order valence-electron chi connectivity index (χ4n) is 0.543.